The Labute approximate surface area is 97.0 Å². The Morgan fingerprint density at radius 3 is 2.73 bits per heavy atom. The van der Waals surface area contributed by atoms with Crippen LogP contribution in [0.25, 0.3) is 0 Å². The Morgan fingerprint density at radius 1 is 1.20 bits per heavy atom. The zero-order chi connectivity index (χ0) is 10.3. The molecule has 2 bridgehead atoms. The summed E-state index contributed by atoms with van der Waals surface area (Å²) in [6, 6.07) is 0. The highest BCUT2D eigenvalue weighted by atomic mass is 32.2. The van der Waals surface area contributed by atoms with Crippen LogP contribution in [0.5, 0.6) is 0 Å². The Balaban J connectivity index is 1.52. The van der Waals surface area contributed by atoms with Gasteiger partial charge in [-0.2, -0.15) is 11.8 Å². The Kier molecular flexibility index (Phi) is 2.99. The Hall–Kier alpha value is 0.310. The van der Waals surface area contributed by atoms with Gasteiger partial charge in [-0.05, 0) is 62.0 Å². The van der Waals surface area contributed by atoms with E-state index in [0.29, 0.717) is 5.25 Å². The van der Waals surface area contributed by atoms with Crippen LogP contribution in [-0.4, -0.2) is 22.2 Å². The van der Waals surface area contributed by atoms with E-state index in [-0.39, 0.29) is 6.10 Å². The van der Waals surface area contributed by atoms with Crippen molar-refractivity contribution in [2.24, 2.45) is 17.8 Å². The van der Waals surface area contributed by atoms with Crippen LogP contribution in [0, 0.1) is 17.8 Å². The molecule has 0 aromatic rings. The zero-order valence-electron chi connectivity index (χ0n) is 9.40. The molecule has 5 atom stereocenters. The molecular weight excluding hydrogens is 204 g/mol. The fourth-order valence-corrected chi connectivity index (χ4v) is 5.34. The fourth-order valence-electron chi connectivity index (χ4n) is 4.03. The van der Waals surface area contributed by atoms with Crippen molar-refractivity contribution >= 4 is 11.8 Å². The predicted molar refractivity (Wildman–Crippen MR) is 65.0 cm³/mol. The second-order valence-electron chi connectivity index (χ2n) is 5.79. The summed E-state index contributed by atoms with van der Waals surface area (Å²) in [5.74, 6) is 4.16. The van der Waals surface area contributed by atoms with Crippen molar-refractivity contribution in [3.05, 3.63) is 0 Å². The van der Waals surface area contributed by atoms with E-state index >= 15 is 0 Å². The highest BCUT2D eigenvalue weighted by molar-refractivity contribution is 8.00. The molecule has 1 heterocycles. The van der Waals surface area contributed by atoms with Crippen LogP contribution in [0.2, 0.25) is 0 Å². The van der Waals surface area contributed by atoms with Crippen molar-refractivity contribution in [1.29, 1.82) is 0 Å². The molecule has 0 spiro atoms. The van der Waals surface area contributed by atoms with Crippen LogP contribution < -0.4 is 0 Å². The maximum absolute atomic E-state index is 10.2. The summed E-state index contributed by atoms with van der Waals surface area (Å²) in [6.07, 6.45) is 9.54. The number of hydrogen-bond acceptors (Lipinski definition) is 2. The van der Waals surface area contributed by atoms with Gasteiger partial charge in [-0.15, -0.1) is 0 Å². The number of aliphatic hydroxyl groups is 1. The minimum absolute atomic E-state index is 0.00171. The van der Waals surface area contributed by atoms with Gasteiger partial charge in [-0.3, -0.25) is 0 Å². The molecule has 2 aliphatic carbocycles. The molecule has 1 N–H and O–H groups in total. The first-order chi connectivity index (χ1) is 7.33. The van der Waals surface area contributed by atoms with Crippen molar-refractivity contribution in [1.82, 2.24) is 0 Å². The maximum Gasteiger partial charge on any atom is 0.0661 e. The molecule has 86 valence electrons. The van der Waals surface area contributed by atoms with Gasteiger partial charge in [0.05, 0.1) is 6.10 Å². The monoisotopic (exact) mass is 226 g/mol. The minimum atomic E-state index is 0.00171. The topological polar surface area (TPSA) is 20.2 Å². The smallest absolute Gasteiger partial charge is 0.0661 e. The van der Waals surface area contributed by atoms with E-state index in [1.165, 1.54) is 44.3 Å². The van der Waals surface area contributed by atoms with Crippen LogP contribution in [0.15, 0.2) is 0 Å². The van der Waals surface area contributed by atoms with Crippen molar-refractivity contribution in [2.45, 2.75) is 56.3 Å². The average molecular weight is 226 g/mol. The Morgan fingerprint density at radius 2 is 2.13 bits per heavy atom. The van der Waals surface area contributed by atoms with E-state index in [1.807, 2.05) is 11.8 Å². The summed E-state index contributed by atoms with van der Waals surface area (Å²) in [4.78, 5) is 0. The predicted octanol–water partition coefficient (Wildman–Crippen LogP) is 3.07. The van der Waals surface area contributed by atoms with Gasteiger partial charge in [0.1, 0.15) is 0 Å². The van der Waals surface area contributed by atoms with Gasteiger partial charge in [-0.25, -0.2) is 0 Å². The third-order valence-electron chi connectivity index (χ3n) is 4.82. The standard InChI is InChI=1S/C13H22OS/c14-12(13-2-1-5-15-13)8-11-7-9-3-4-10(11)6-9/h9-14H,1-8H2. The lowest BCUT2D eigenvalue weighted by molar-refractivity contribution is 0.121. The quantitative estimate of drug-likeness (QED) is 0.798. The van der Waals surface area contributed by atoms with Gasteiger partial charge < -0.3 is 5.11 Å². The largest absolute Gasteiger partial charge is 0.392 e. The third kappa shape index (κ3) is 2.08. The number of hydrogen-bond donors (Lipinski definition) is 1. The molecule has 3 aliphatic rings. The van der Waals surface area contributed by atoms with Crippen LogP contribution in [0.4, 0.5) is 0 Å². The molecule has 0 aromatic heterocycles. The molecule has 3 rings (SSSR count). The first-order valence-corrected chi connectivity index (χ1v) is 7.67. The first-order valence-electron chi connectivity index (χ1n) is 6.62. The summed E-state index contributed by atoms with van der Waals surface area (Å²) in [5, 5.41) is 10.8. The minimum Gasteiger partial charge on any atom is -0.392 e. The third-order valence-corrected chi connectivity index (χ3v) is 6.33. The summed E-state index contributed by atoms with van der Waals surface area (Å²) in [7, 11) is 0. The van der Waals surface area contributed by atoms with E-state index in [2.05, 4.69) is 0 Å². The van der Waals surface area contributed by atoms with Gasteiger partial charge in [-0.1, -0.05) is 6.42 Å². The van der Waals surface area contributed by atoms with Gasteiger partial charge in [0.2, 0.25) is 0 Å². The van der Waals surface area contributed by atoms with Crippen molar-refractivity contribution in [2.75, 3.05) is 5.75 Å². The van der Waals surface area contributed by atoms with Gasteiger partial charge in [0.15, 0.2) is 0 Å². The molecule has 0 aromatic carbocycles. The molecule has 0 amide bonds. The van der Waals surface area contributed by atoms with Crippen LogP contribution in [0.1, 0.15) is 44.9 Å². The van der Waals surface area contributed by atoms with Crippen LogP contribution >= 0.6 is 11.8 Å². The molecule has 2 saturated carbocycles. The average Bonchev–Trinajstić information content (AvgIpc) is 2.95. The summed E-state index contributed by atoms with van der Waals surface area (Å²) >= 11 is 2.00. The summed E-state index contributed by atoms with van der Waals surface area (Å²) in [6.45, 7) is 0. The van der Waals surface area contributed by atoms with E-state index < -0.39 is 0 Å². The second kappa shape index (κ2) is 4.29. The molecule has 5 unspecified atom stereocenters. The molecule has 3 fully saturated rings. The van der Waals surface area contributed by atoms with E-state index in [4.69, 9.17) is 0 Å². The normalized spacial score (nSPS) is 46.2. The molecule has 15 heavy (non-hydrogen) atoms. The maximum atomic E-state index is 10.2. The number of rotatable bonds is 3. The lowest BCUT2D eigenvalue weighted by Gasteiger charge is -2.26. The lowest BCUT2D eigenvalue weighted by Crippen LogP contribution is -2.26. The van der Waals surface area contributed by atoms with E-state index in [1.54, 1.807) is 0 Å². The fraction of sp³-hybridized carbons (Fsp3) is 1.00. The highest BCUT2D eigenvalue weighted by Gasteiger charge is 2.41. The van der Waals surface area contributed by atoms with Crippen molar-refractivity contribution in [3.63, 3.8) is 0 Å². The summed E-state index contributed by atoms with van der Waals surface area (Å²) in [5.41, 5.74) is 0. The highest BCUT2D eigenvalue weighted by Crippen LogP contribution is 2.50. The van der Waals surface area contributed by atoms with Crippen molar-refractivity contribution < 1.29 is 5.11 Å². The van der Waals surface area contributed by atoms with Crippen molar-refractivity contribution in [3.8, 4) is 0 Å². The number of fused-ring (bicyclic) bond motifs is 2. The van der Waals surface area contributed by atoms with Gasteiger partial charge in [0, 0.05) is 5.25 Å². The second-order valence-corrected chi connectivity index (χ2v) is 7.14. The number of aliphatic hydroxyl groups excluding tert-OH is 1. The zero-order valence-corrected chi connectivity index (χ0v) is 10.2. The lowest BCUT2D eigenvalue weighted by atomic mass is 9.84. The number of thioether (sulfide) groups is 1. The molecule has 0 radical (unpaired) electrons. The van der Waals surface area contributed by atoms with E-state index in [9.17, 15) is 5.11 Å². The molecule has 1 aliphatic heterocycles. The van der Waals surface area contributed by atoms with Crippen LogP contribution in [-0.2, 0) is 0 Å². The molecule has 1 nitrogen and oxygen atoms in total. The molecular formula is C13H22OS. The molecule has 2 heteroatoms. The molecule has 1 saturated heterocycles. The Bertz CT molecular complexity index is 225. The van der Waals surface area contributed by atoms with Gasteiger partial charge in [0.25, 0.3) is 0 Å². The van der Waals surface area contributed by atoms with E-state index in [0.717, 1.165) is 24.2 Å². The SMILES string of the molecule is OC(CC1CC2CCC1C2)C1CCCS1. The van der Waals surface area contributed by atoms with Crippen LogP contribution in [0.3, 0.4) is 0 Å². The van der Waals surface area contributed by atoms with Gasteiger partial charge >= 0.3 is 0 Å². The summed E-state index contributed by atoms with van der Waals surface area (Å²) < 4.78 is 0. The first kappa shape index (κ1) is 10.5.